The summed E-state index contributed by atoms with van der Waals surface area (Å²) in [6, 6.07) is 10.3. The first-order valence-electron chi connectivity index (χ1n) is 7.44. The number of rotatable bonds is 4. The van der Waals surface area contributed by atoms with Crippen LogP contribution in [0.25, 0.3) is 11.1 Å². The number of hydrogen-bond donors (Lipinski definition) is 0. The molecule has 0 aromatic heterocycles. The molecule has 2 aromatic carbocycles. The molecule has 1 aliphatic rings. The quantitative estimate of drug-likeness (QED) is 0.803. The Morgan fingerprint density at radius 2 is 1.71 bits per heavy atom. The normalized spacial score (nSPS) is 11.9. The van der Waals surface area contributed by atoms with Crippen molar-refractivity contribution in [3.05, 3.63) is 47.5 Å². The lowest BCUT2D eigenvalue weighted by Crippen LogP contribution is -2.06. The molecule has 0 saturated heterocycles. The van der Waals surface area contributed by atoms with E-state index in [0.717, 1.165) is 11.1 Å². The zero-order valence-corrected chi connectivity index (χ0v) is 13.3. The molecular weight excluding hydrogens is 312 g/mol. The van der Waals surface area contributed by atoms with Gasteiger partial charge in [0.25, 0.3) is 0 Å². The number of carbonyl (C=O) groups excluding carboxylic acids is 2. The smallest absolute Gasteiger partial charge is 0.342 e. The Bertz CT molecular complexity index is 779. The monoisotopic (exact) mass is 328 g/mol. The van der Waals surface area contributed by atoms with Crippen molar-refractivity contribution >= 4 is 11.9 Å². The lowest BCUT2D eigenvalue weighted by atomic mass is 10.0. The van der Waals surface area contributed by atoms with Gasteiger partial charge in [-0.3, -0.25) is 0 Å². The molecule has 0 aliphatic carbocycles. The topological polar surface area (TPSA) is 71.1 Å². The van der Waals surface area contributed by atoms with Gasteiger partial charge < -0.3 is 18.9 Å². The van der Waals surface area contributed by atoms with Gasteiger partial charge in [0.05, 0.1) is 19.3 Å². The first kappa shape index (κ1) is 15.9. The van der Waals surface area contributed by atoms with Crippen LogP contribution in [0.5, 0.6) is 11.5 Å². The summed E-state index contributed by atoms with van der Waals surface area (Å²) in [5.41, 5.74) is 2.39. The fraction of sp³-hybridized carbons (Fsp3) is 0.222. The molecule has 6 nitrogen and oxygen atoms in total. The largest absolute Gasteiger partial charge is 0.465 e. The third-order valence-electron chi connectivity index (χ3n) is 3.63. The van der Waals surface area contributed by atoms with Crippen LogP contribution in [0.2, 0.25) is 0 Å². The van der Waals surface area contributed by atoms with Crippen LogP contribution in [0.15, 0.2) is 36.4 Å². The number of benzene rings is 2. The SMILES string of the molecule is CCOC(=O)c1ccc(-c2ccc(C(=O)OC)cc2)c2c1OCO2. The van der Waals surface area contributed by atoms with Crippen LogP contribution >= 0.6 is 0 Å². The Morgan fingerprint density at radius 3 is 2.38 bits per heavy atom. The number of esters is 2. The van der Waals surface area contributed by atoms with E-state index in [4.69, 9.17) is 14.2 Å². The Hall–Kier alpha value is -3.02. The summed E-state index contributed by atoms with van der Waals surface area (Å²) in [5.74, 6) is 0.0187. The molecule has 0 unspecified atom stereocenters. The number of methoxy groups -OCH3 is 1. The lowest BCUT2D eigenvalue weighted by molar-refractivity contribution is 0.0520. The Labute approximate surface area is 138 Å². The van der Waals surface area contributed by atoms with E-state index < -0.39 is 11.9 Å². The molecular formula is C18H16O6. The third kappa shape index (κ3) is 2.78. The fourth-order valence-electron chi connectivity index (χ4n) is 2.50. The number of fused-ring (bicyclic) bond motifs is 1. The molecule has 0 radical (unpaired) electrons. The molecule has 24 heavy (non-hydrogen) atoms. The van der Waals surface area contributed by atoms with Gasteiger partial charge >= 0.3 is 11.9 Å². The van der Waals surface area contributed by atoms with Crippen molar-refractivity contribution in [2.45, 2.75) is 6.92 Å². The second-order valence-electron chi connectivity index (χ2n) is 5.01. The summed E-state index contributed by atoms with van der Waals surface area (Å²) in [7, 11) is 1.34. The van der Waals surface area contributed by atoms with E-state index in [0.29, 0.717) is 22.6 Å². The summed E-state index contributed by atoms with van der Waals surface area (Å²) in [6.07, 6.45) is 0. The molecule has 0 fully saturated rings. The van der Waals surface area contributed by atoms with Gasteiger partial charge in [0, 0.05) is 5.56 Å². The van der Waals surface area contributed by atoms with E-state index in [1.54, 1.807) is 43.3 Å². The summed E-state index contributed by atoms with van der Waals surface area (Å²) in [6.45, 7) is 2.07. The van der Waals surface area contributed by atoms with Crippen molar-refractivity contribution in [3.63, 3.8) is 0 Å². The number of hydrogen-bond acceptors (Lipinski definition) is 6. The second-order valence-corrected chi connectivity index (χ2v) is 5.01. The minimum Gasteiger partial charge on any atom is -0.465 e. The fourth-order valence-corrected chi connectivity index (χ4v) is 2.50. The van der Waals surface area contributed by atoms with Gasteiger partial charge in [-0.2, -0.15) is 0 Å². The Morgan fingerprint density at radius 1 is 1.00 bits per heavy atom. The first-order valence-corrected chi connectivity index (χ1v) is 7.44. The van der Waals surface area contributed by atoms with Crippen molar-refractivity contribution in [1.82, 2.24) is 0 Å². The minimum atomic E-state index is -0.452. The molecule has 6 heteroatoms. The highest BCUT2D eigenvalue weighted by Gasteiger charge is 2.26. The molecule has 0 N–H and O–H groups in total. The highest BCUT2D eigenvalue weighted by Crippen LogP contribution is 2.44. The van der Waals surface area contributed by atoms with Crippen LogP contribution in [0.1, 0.15) is 27.6 Å². The predicted molar refractivity (Wildman–Crippen MR) is 85.3 cm³/mol. The van der Waals surface area contributed by atoms with Crippen molar-refractivity contribution in [2.75, 3.05) is 20.5 Å². The second kappa shape index (κ2) is 6.62. The Kier molecular flexibility index (Phi) is 4.37. The molecule has 0 amide bonds. The molecule has 2 aromatic rings. The van der Waals surface area contributed by atoms with Crippen LogP contribution in [0, 0.1) is 0 Å². The van der Waals surface area contributed by atoms with Gasteiger partial charge in [0.15, 0.2) is 11.5 Å². The van der Waals surface area contributed by atoms with E-state index in [2.05, 4.69) is 4.74 Å². The molecule has 0 spiro atoms. The van der Waals surface area contributed by atoms with Crippen molar-refractivity contribution in [1.29, 1.82) is 0 Å². The van der Waals surface area contributed by atoms with Gasteiger partial charge in [0.1, 0.15) is 5.56 Å². The van der Waals surface area contributed by atoms with Gasteiger partial charge in [-0.1, -0.05) is 12.1 Å². The third-order valence-corrected chi connectivity index (χ3v) is 3.63. The highest BCUT2D eigenvalue weighted by molar-refractivity contribution is 5.96. The van der Waals surface area contributed by atoms with E-state index in [9.17, 15) is 9.59 Å². The van der Waals surface area contributed by atoms with Crippen molar-refractivity contribution in [3.8, 4) is 22.6 Å². The molecule has 3 rings (SSSR count). The summed E-state index contributed by atoms with van der Waals surface area (Å²) >= 11 is 0. The molecule has 0 bridgehead atoms. The molecule has 0 atom stereocenters. The summed E-state index contributed by atoms with van der Waals surface area (Å²) < 4.78 is 20.7. The van der Waals surface area contributed by atoms with Crippen LogP contribution in [-0.4, -0.2) is 32.4 Å². The van der Waals surface area contributed by atoms with Gasteiger partial charge in [-0.15, -0.1) is 0 Å². The molecule has 1 aliphatic heterocycles. The van der Waals surface area contributed by atoms with Gasteiger partial charge in [-0.05, 0) is 36.8 Å². The van der Waals surface area contributed by atoms with Crippen LogP contribution in [-0.2, 0) is 9.47 Å². The van der Waals surface area contributed by atoms with E-state index in [-0.39, 0.29) is 13.4 Å². The maximum atomic E-state index is 12.0. The standard InChI is InChI=1S/C18H16O6/c1-3-22-18(20)14-9-8-13(15-16(14)24-10-23-15)11-4-6-12(7-5-11)17(19)21-2/h4-9H,3,10H2,1-2H3. The number of carbonyl (C=O) groups is 2. The zero-order valence-electron chi connectivity index (χ0n) is 13.3. The van der Waals surface area contributed by atoms with Gasteiger partial charge in [0.2, 0.25) is 6.79 Å². The molecule has 1 heterocycles. The van der Waals surface area contributed by atoms with Gasteiger partial charge in [-0.25, -0.2) is 9.59 Å². The van der Waals surface area contributed by atoms with E-state index >= 15 is 0 Å². The van der Waals surface area contributed by atoms with E-state index in [1.807, 2.05) is 0 Å². The summed E-state index contributed by atoms with van der Waals surface area (Å²) in [4.78, 5) is 23.5. The average molecular weight is 328 g/mol. The minimum absolute atomic E-state index is 0.0407. The number of ether oxygens (including phenoxy) is 4. The van der Waals surface area contributed by atoms with Crippen LogP contribution in [0.4, 0.5) is 0 Å². The zero-order chi connectivity index (χ0) is 17.1. The van der Waals surface area contributed by atoms with E-state index in [1.165, 1.54) is 7.11 Å². The predicted octanol–water partition coefficient (Wildman–Crippen LogP) is 3.05. The van der Waals surface area contributed by atoms with Crippen LogP contribution < -0.4 is 9.47 Å². The Balaban J connectivity index is 1.99. The maximum absolute atomic E-state index is 12.0. The maximum Gasteiger partial charge on any atom is 0.342 e. The summed E-state index contributed by atoms with van der Waals surface area (Å²) in [5, 5.41) is 0. The van der Waals surface area contributed by atoms with Crippen molar-refractivity contribution in [2.24, 2.45) is 0 Å². The molecule has 0 saturated carbocycles. The molecule has 124 valence electrons. The van der Waals surface area contributed by atoms with Crippen LogP contribution in [0.3, 0.4) is 0 Å². The highest BCUT2D eigenvalue weighted by atomic mass is 16.7. The first-order chi connectivity index (χ1) is 11.7. The lowest BCUT2D eigenvalue weighted by Gasteiger charge is -2.10. The average Bonchev–Trinajstić information content (AvgIpc) is 3.10. The van der Waals surface area contributed by atoms with Crippen molar-refractivity contribution < 1.29 is 28.5 Å².